The highest BCUT2D eigenvalue weighted by Gasteiger charge is 2.40. The van der Waals surface area contributed by atoms with E-state index in [4.69, 9.17) is 9.47 Å². The van der Waals surface area contributed by atoms with Gasteiger partial charge in [0.1, 0.15) is 12.2 Å². The van der Waals surface area contributed by atoms with Crippen molar-refractivity contribution < 1.29 is 14.3 Å². The number of nitrogens with one attached hydrogen (secondary N) is 1. The lowest BCUT2D eigenvalue weighted by Gasteiger charge is -2.22. The van der Waals surface area contributed by atoms with E-state index in [-0.39, 0.29) is 30.1 Å². The van der Waals surface area contributed by atoms with E-state index in [9.17, 15) is 4.79 Å². The summed E-state index contributed by atoms with van der Waals surface area (Å²) < 4.78 is 10.7. The standard InChI is InChI=1S/C12H22N2O3/c1-8-9(4-5-13-8)12(15)14-6-10(16-2)11(7-14)17-3/h8-11,13H,4-7H2,1-3H3. The quantitative estimate of drug-likeness (QED) is 0.748. The van der Waals surface area contributed by atoms with Gasteiger partial charge in [-0.1, -0.05) is 0 Å². The van der Waals surface area contributed by atoms with Crippen molar-refractivity contribution in [2.45, 2.75) is 31.6 Å². The molecule has 2 heterocycles. The summed E-state index contributed by atoms with van der Waals surface area (Å²) in [4.78, 5) is 14.2. The van der Waals surface area contributed by atoms with Crippen LogP contribution in [0, 0.1) is 5.92 Å². The second kappa shape index (κ2) is 5.33. The first-order valence-electron chi connectivity index (χ1n) is 6.25. The van der Waals surface area contributed by atoms with Crippen molar-refractivity contribution in [3.8, 4) is 0 Å². The van der Waals surface area contributed by atoms with Crippen LogP contribution < -0.4 is 5.32 Å². The number of carbonyl (C=O) groups is 1. The molecule has 0 radical (unpaired) electrons. The van der Waals surface area contributed by atoms with Crippen LogP contribution in [0.2, 0.25) is 0 Å². The summed E-state index contributed by atoms with van der Waals surface area (Å²) in [6, 6.07) is 0.282. The first-order valence-corrected chi connectivity index (χ1v) is 6.25. The molecule has 4 atom stereocenters. The van der Waals surface area contributed by atoms with E-state index < -0.39 is 0 Å². The van der Waals surface area contributed by atoms with Crippen molar-refractivity contribution in [3.63, 3.8) is 0 Å². The Balaban J connectivity index is 1.97. The topological polar surface area (TPSA) is 50.8 Å². The predicted octanol–water partition coefficient (Wildman–Crippen LogP) is -0.143. The third-order valence-electron chi connectivity index (χ3n) is 3.97. The molecule has 0 spiro atoms. The van der Waals surface area contributed by atoms with Crippen molar-refractivity contribution in [1.29, 1.82) is 0 Å². The fraction of sp³-hybridized carbons (Fsp3) is 0.917. The van der Waals surface area contributed by atoms with Crippen LogP contribution in [0.5, 0.6) is 0 Å². The molecular formula is C12H22N2O3. The van der Waals surface area contributed by atoms with Gasteiger partial charge in [-0.2, -0.15) is 0 Å². The number of nitrogens with zero attached hydrogens (tertiary/aromatic N) is 1. The normalized spacial score (nSPS) is 37.7. The van der Waals surface area contributed by atoms with Crippen LogP contribution in [0.1, 0.15) is 13.3 Å². The van der Waals surface area contributed by atoms with Crippen molar-refractivity contribution in [2.24, 2.45) is 5.92 Å². The van der Waals surface area contributed by atoms with Crippen LogP contribution in [-0.4, -0.2) is 62.9 Å². The molecule has 0 aromatic heterocycles. The summed E-state index contributed by atoms with van der Waals surface area (Å²) in [5.41, 5.74) is 0. The van der Waals surface area contributed by atoms with Crippen LogP contribution >= 0.6 is 0 Å². The molecule has 1 amide bonds. The summed E-state index contributed by atoms with van der Waals surface area (Å²) in [5.74, 6) is 0.354. The van der Waals surface area contributed by atoms with E-state index in [2.05, 4.69) is 12.2 Å². The second-order valence-electron chi connectivity index (χ2n) is 4.93. The zero-order valence-electron chi connectivity index (χ0n) is 10.8. The fourth-order valence-corrected chi connectivity index (χ4v) is 2.81. The molecule has 0 aromatic rings. The van der Waals surface area contributed by atoms with Gasteiger partial charge in [-0.15, -0.1) is 0 Å². The lowest BCUT2D eigenvalue weighted by Crippen LogP contribution is -2.39. The predicted molar refractivity (Wildman–Crippen MR) is 63.7 cm³/mol. The van der Waals surface area contributed by atoms with E-state index in [1.165, 1.54) is 0 Å². The Labute approximate surface area is 102 Å². The average molecular weight is 242 g/mol. The smallest absolute Gasteiger partial charge is 0.227 e. The van der Waals surface area contributed by atoms with Gasteiger partial charge in [0.2, 0.25) is 5.91 Å². The number of ether oxygens (including phenoxy) is 2. The van der Waals surface area contributed by atoms with E-state index in [1.54, 1.807) is 14.2 Å². The molecule has 0 aromatic carbocycles. The van der Waals surface area contributed by atoms with Gasteiger partial charge < -0.3 is 19.7 Å². The molecule has 2 saturated heterocycles. The lowest BCUT2D eigenvalue weighted by molar-refractivity contribution is -0.135. The van der Waals surface area contributed by atoms with Gasteiger partial charge in [0.25, 0.3) is 0 Å². The summed E-state index contributed by atoms with van der Waals surface area (Å²) >= 11 is 0. The first-order chi connectivity index (χ1) is 8.17. The van der Waals surface area contributed by atoms with Crippen LogP contribution in [0.3, 0.4) is 0 Å². The van der Waals surface area contributed by atoms with Crippen LogP contribution in [0.15, 0.2) is 0 Å². The SMILES string of the molecule is COC1CN(C(=O)C2CCNC2C)CC1OC. The summed E-state index contributed by atoms with van der Waals surface area (Å²) in [6.07, 6.45) is 0.952. The zero-order chi connectivity index (χ0) is 12.4. The molecule has 2 fully saturated rings. The molecule has 2 aliphatic rings. The van der Waals surface area contributed by atoms with Crippen molar-refractivity contribution >= 4 is 5.91 Å². The zero-order valence-corrected chi connectivity index (χ0v) is 10.8. The number of amides is 1. The van der Waals surface area contributed by atoms with E-state index in [1.807, 2.05) is 4.90 Å². The van der Waals surface area contributed by atoms with Crippen LogP contribution in [-0.2, 0) is 14.3 Å². The molecule has 2 rings (SSSR count). The molecular weight excluding hydrogens is 220 g/mol. The third-order valence-corrected chi connectivity index (χ3v) is 3.97. The Hall–Kier alpha value is -0.650. The molecule has 0 bridgehead atoms. The van der Waals surface area contributed by atoms with E-state index >= 15 is 0 Å². The summed E-state index contributed by atoms with van der Waals surface area (Å²) in [5, 5.41) is 3.31. The van der Waals surface area contributed by atoms with Crippen LogP contribution in [0.25, 0.3) is 0 Å². The van der Waals surface area contributed by atoms with Gasteiger partial charge >= 0.3 is 0 Å². The Morgan fingerprint density at radius 3 is 2.24 bits per heavy atom. The monoisotopic (exact) mass is 242 g/mol. The number of hydrogen-bond donors (Lipinski definition) is 1. The number of hydrogen-bond acceptors (Lipinski definition) is 4. The molecule has 0 aliphatic carbocycles. The average Bonchev–Trinajstić information content (AvgIpc) is 2.93. The molecule has 5 heteroatoms. The molecule has 17 heavy (non-hydrogen) atoms. The van der Waals surface area contributed by atoms with Gasteiger partial charge in [0.05, 0.1) is 5.92 Å². The molecule has 1 N–H and O–H groups in total. The highest BCUT2D eigenvalue weighted by Crippen LogP contribution is 2.23. The van der Waals surface area contributed by atoms with Crippen LogP contribution in [0.4, 0.5) is 0 Å². The largest absolute Gasteiger partial charge is 0.377 e. The maximum Gasteiger partial charge on any atom is 0.227 e. The maximum absolute atomic E-state index is 12.4. The number of methoxy groups -OCH3 is 2. The van der Waals surface area contributed by atoms with Crippen molar-refractivity contribution in [1.82, 2.24) is 10.2 Å². The molecule has 5 nitrogen and oxygen atoms in total. The fourth-order valence-electron chi connectivity index (χ4n) is 2.81. The minimum Gasteiger partial charge on any atom is -0.377 e. The van der Waals surface area contributed by atoms with Gasteiger partial charge in [0, 0.05) is 33.4 Å². The first kappa shape index (κ1) is 12.8. The molecule has 0 saturated carbocycles. The number of rotatable bonds is 3. The van der Waals surface area contributed by atoms with E-state index in [0.717, 1.165) is 13.0 Å². The number of carbonyl (C=O) groups excluding carboxylic acids is 1. The van der Waals surface area contributed by atoms with Gasteiger partial charge in [-0.05, 0) is 19.9 Å². The van der Waals surface area contributed by atoms with E-state index in [0.29, 0.717) is 13.1 Å². The summed E-state index contributed by atoms with van der Waals surface area (Å²) in [7, 11) is 3.34. The maximum atomic E-state index is 12.4. The van der Waals surface area contributed by atoms with Gasteiger partial charge in [0.15, 0.2) is 0 Å². The highest BCUT2D eigenvalue weighted by atomic mass is 16.5. The number of likely N-dealkylation sites (tertiary alicyclic amines) is 1. The minimum atomic E-state index is 0.00798. The Morgan fingerprint density at radius 2 is 1.82 bits per heavy atom. The Bertz CT molecular complexity index is 273. The summed E-state index contributed by atoms with van der Waals surface area (Å²) in [6.45, 7) is 4.31. The highest BCUT2D eigenvalue weighted by molar-refractivity contribution is 5.80. The lowest BCUT2D eigenvalue weighted by atomic mass is 10.0. The van der Waals surface area contributed by atoms with Gasteiger partial charge in [-0.25, -0.2) is 0 Å². The Morgan fingerprint density at radius 1 is 1.24 bits per heavy atom. The Kier molecular flexibility index (Phi) is 4.01. The minimum absolute atomic E-state index is 0.00798. The molecule has 98 valence electrons. The van der Waals surface area contributed by atoms with Crippen molar-refractivity contribution in [3.05, 3.63) is 0 Å². The van der Waals surface area contributed by atoms with Crippen molar-refractivity contribution in [2.75, 3.05) is 33.9 Å². The molecule has 4 unspecified atom stereocenters. The second-order valence-corrected chi connectivity index (χ2v) is 4.93. The van der Waals surface area contributed by atoms with Gasteiger partial charge in [-0.3, -0.25) is 4.79 Å². The molecule has 2 aliphatic heterocycles. The third kappa shape index (κ3) is 2.46.